The van der Waals surface area contributed by atoms with Gasteiger partial charge in [-0.05, 0) is 71.9 Å². The van der Waals surface area contributed by atoms with Gasteiger partial charge in [-0.2, -0.15) is 17.4 Å². The molecule has 240 valence electrons. The second-order valence-electron chi connectivity index (χ2n) is 13.5. The zero-order chi connectivity index (χ0) is 32.6. The Morgan fingerprint density at radius 2 is 1.65 bits per heavy atom. The number of anilines is 4. The van der Waals surface area contributed by atoms with Crippen LogP contribution in [0.25, 0.3) is 29.0 Å². The Hall–Kier alpha value is -5.37. The van der Waals surface area contributed by atoms with Gasteiger partial charge in [0, 0.05) is 28.8 Å². The molecular weight excluding hydrogens is 786 g/mol. The topological polar surface area (TPSA) is 48.3 Å². The molecule has 0 N–H and O–H groups in total. The number of para-hydroxylation sites is 2. The van der Waals surface area contributed by atoms with Gasteiger partial charge in [0.1, 0.15) is 11.9 Å². The van der Waals surface area contributed by atoms with E-state index in [1.807, 2.05) is 36.4 Å². The molecule has 0 radical (unpaired) electrons. The van der Waals surface area contributed by atoms with E-state index in [4.69, 9.17) is 4.74 Å². The van der Waals surface area contributed by atoms with Crippen molar-refractivity contribution in [3.63, 3.8) is 0 Å². The Morgan fingerprint density at radius 3 is 2.47 bits per heavy atom. The van der Waals surface area contributed by atoms with Crippen molar-refractivity contribution in [2.75, 3.05) is 9.80 Å². The molecule has 4 aromatic carbocycles. The molecule has 0 unspecified atom stereocenters. The van der Waals surface area contributed by atoms with E-state index in [2.05, 4.69) is 137 Å². The first kappa shape index (κ1) is 30.9. The fourth-order valence-electron chi connectivity index (χ4n) is 7.10. The zero-order valence-electron chi connectivity index (χ0n) is 27.3. The Labute approximate surface area is 300 Å². The average Bonchev–Trinajstić information content (AvgIpc) is 3.60. The standard InChI is InChI=1S/C42H32N5O.Pt/c1-42(2,3)29-20-21-44-27-41-45(30-11-8-10-28(22-30)26-43)37-16-6-7-17-38(37)46(41)31-12-9-13-32(24-31)48-33-18-19-35-34-14-4-5-15-36(34)47(39(35)25-33)40(44)23-29;/h5-13,15-23,27H,4,14H2,1-3H3;/q-1;+2. The van der Waals surface area contributed by atoms with Crippen molar-refractivity contribution in [3.8, 4) is 23.4 Å². The molecule has 0 saturated carbocycles. The van der Waals surface area contributed by atoms with Gasteiger partial charge in [-0.1, -0.05) is 62.2 Å². The summed E-state index contributed by atoms with van der Waals surface area (Å²) in [6.07, 6.45) is 10.8. The molecule has 4 heterocycles. The molecule has 9 rings (SSSR count). The summed E-state index contributed by atoms with van der Waals surface area (Å²) in [7, 11) is 0. The van der Waals surface area contributed by atoms with E-state index in [0.29, 0.717) is 17.1 Å². The molecule has 7 heteroatoms. The maximum atomic E-state index is 9.86. The number of nitrogens with zero attached hydrogens (tertiary/aromatic N) is 5. The summed E-state index contributed by atoms with van der Waals surface area (Å²) in [5.74, 6) is 3.13. The fourth-order valence-corrected chi connectivity index (χ4v) is 7.10. The smallest absolute Gasteiger partial charge is 0.509 e. The van der Waals surface area contributed by atoms with Gasteiger partial charge in [0.25, 0.3) is 5.82 Å². The minimum atomic E-state index is -0.0751. The first-order chi connectivity index (χ1) is 23.4. The van der Waals surface area contributed by atoms with E-state index in [1.54, 1.807) is 0 Å². The molecule has 6 aromatic rings. The van der Waals surface area contributed by atoms with Gasteiger partial charge in [-0.25, -0.2) is 9.13 Å². The number of benzene rings is 4. The zero-order valence-corrected chi connectivity index (χ0v) is 29.6. The van der Waals surface area contributed by atoms with Gasteiger partial charge in [0.2, 0.25) is 0 Å². The number of hydrogen-bond acceptors (Lipinski definition) is 4. The molecule has 0 amide bonds. The summed E-state index contributed by atoms with van der Waals surface area (Å²) in [4.78, 5) is 4.44. The number of pyridine rings is 1. The SMILES string of the molecule is CC(C)(C)c1cc[n+]2c(c1)-n1c3c(c4ccc([c-]c41)Oc1[c-]c(ccc1)N1C(=C2)N(c2cccc(C#N)c2)c2ccccc21)CCC=C3.[Pt+2]. The number of allylic oxidation sites excluding steroid dienone is 1. The Kier molecular flexibility index (Phi) is 7.35. The van der Waals surface area contributed by atoms with Crippen LogP contribution in [0.3, 0.4) is 0 Å². The molecule has 0 atom stereocenters. The van der Waals surface area contributed by atoms with Crippen LogP contribution in [0.5, 0.6) is 11.5 Å². The van der Waals surface area contributed by atoms with Crippen LogP contribution >= 0.6 is 0 Å². The largest absolute Gasteiger partial charge is 2.00 e. The molecule has 0 fully saturated rings. The van der Waals surface area contributed by atoms with Crippen LogP contribution in [0.4, 0.5) is 22.7 Å². The maximum Gasteiger partial charge on any atom is 2.00 e. The Balaban J connectivity index is 0.00000348. The number of rotatable bonds is 1. The molecule has 49 heavy (non-hydrogen) atoms. The monoisotopic (exact) mass is 817 g/mol. The molecule has 2 aromatic heterocycles. The first-order valence-electron chi connectivity index (χ1n) is 16.3. The fraction of sp³-hybridized carbons (Fsp3) is 0.143. The molecule has 2 aliphatic heterocycles. The molecule has 3 aliphatic rings. The Morgan fingerprint density at radius 1 is 0.857 bits per heavy atom. The summed E-state index contributed by atoms with van der Waals surface area (Å²) in [6.45, 7) is 6.75. The van der Waals surface area contributed by atoms with Crippen LogP contribution in [0.1, 0.15) is 49.6 Å². The van der Waals surface area contributed by atoms with E-state index in [9.17, 15) is 5.26 Å². The third-order valence-electron chi connectivity index (χ3n) is 9.42. The van der Waals surface area contributed by atoms with Crippen LogP contribution in [0, 0.1) is 23.5 Å². The van der Waals surface area contributed by atoms with Crippen LogP contribution in [0.2, 0.25) is 0 Å². The molecule has 1 aliphatic carbocycles. The molecule has 0 saturated heterocycles. The first-order valence-corrected chi connectivity index (χ1v) is 16.3. The van der Waals surface area contributed by atoms with Crippen molar-refractivity contribution in [2.24, 2.45) is 0 Å². The molecule has 6 nitrogen and oxygen atoms in total. The van der Waals surface area contributed by atoms with Crippen LogP contribution < -0.4 is 19.1 Å². The summed E-state index contributed by atoms with van der Waals surface area (Å²) in [6, 6.07) is 40.4. The van der Waals surface area contributed by atoms with E-state index in [1.165, 1.54) is 16.5 Å². The van der Waals surface area contributed by atoms with Crippen molar-refractivity contribution < 1.29 is 30.4 Å². The van der Waals surface area contributed by atoms with Gasteiger partial charge in [-0.3, -0.25) is 4.90 Å². The van der Waals surface area contributed by atoms with Crippen molar-refractivity contribution in [1.82, 2.24) is 4.57 Å². The molecule has 0 spiro atoms. The number of aromatic nitrogens is 2. The number of aryl methyl sites for hydroxylation is 1. The Bertz CT molecular complexity index is 2410. The number of fused-ring (bicyclic) bond motifs is 12. The predicted octanol–water partition coefficient (Wildman–Crippen LogP) is 9.50. The van der Waals surface area contributed by atoms with Crippen molar-refractivity contribution in [1.29, 1.82) is 5.26 Å². The van der Waals surface area contributed by atoms with Crippen molar-refractivity contribution >= 4 is 45.9 Å². The van der Waals surface area contributed by atoms with Gasteiger partial charge >= 0.3 is 21.1 Å². The number of nitriles is 1. The second-order valence-corrected chi connectivity index (χ2v) is 13.5. The van der Waals surface area contributed by atoms with Gasteiger partial charge in [0.05, 0.1) is 29.2 Å². The van der Waals surface area contributed by atoms with Gasteiger partial charge in [-0.15, -0.1) is 24.3 Å². The summed E-state index contributed by atoms with van der Waals surface area (Å²) < 4.78 is 11.1. The van der Waals surface area contributed by atoms with E-state index in [0.717, 1.165) is 58.4 Å². The van der Waals surface area contributed by atoms with Crippen molar-refractivity contribution in [2.45, 2.75) is 39.0 Å². The predicted molar refractivity (Wildman–Crippen MR) is 190 cm³/mol. The van der Waals surface area contributed by atoms with Crippen LogP contribution in [0.15, 0.2) is 109 Å². The van der Waals surface area contributed by atoms with Crippen LogP contribution in [-0.2, 0) is 32.9 Å². The quantitative estimate of drug-likeness (QED) is 0.123. The minimum Gasteiger partial charge on any atom is -0.509 e. The summed E-state index contributed by atoms with van der Waals surface area (Å²) >= 11 is 0. The van der Waals surface area contributed by atoms with E-state index >= 15 is 0 Å². The van der Waals surface area contributed by atoms with Crippen LogP contribution in [-0.4, -0.2) is 4.57 Å². The third-order valence-corrected chi connectivity index (χ3v) is 9.42. The number of ether oxygens (including phenoxy) is 1. The number of hydrogen-bond donors (Lipinski definition) is 0. The average molecular weight is 818 g/mol. The van der Waals surface area contributed by atoms with Crippen molar-refractivity contribution in [3.05, 3.63) is 144 Å². The van der Waals surface area contributed by atoms with Gasteiger partial charge in [0.15, 0.2) is 5.82 Å². The summed E-state index contributed by atoms with van der Waals surface area (Å²) in [5, 5.41) is 11.0. The van der Waals surface area contributed by atoms with E-state index < -0.39 is 0 Å². The third kappa shape index (κ3) is 5.00. The normalized spacial score (nSPS) is 14.2. The second kappa shape index (κ2) is 11.7. The maximum absolute atomic E-state index is 9.86. The van der Waals surface area contributed by atoms with Gasteiger partial charge < -0.3 is 9.64 Å². The molecule has 4 bridgehead atoms. The molecular formula is C42H32N5OPt+. The summed E-state index contributed by atoms with van der Waals surface area (Å²) in [5.41, 5.74) is 8.93. The minimum absolute atomic E-state index is 0. The van der Waals surface area contributed by atoms with E-state index in [-0.39, 0.29) is 26.5 Å².